The average molecular weight is 395 g/mol. The van der Waals surface area contributed by atoms with Crippen molar-refractivity contribution in [1.29, 1.82) is 0 Å². The number of anilines is 1. The molecular formula is C14H15KNO4PS2. The average Bonchev–Trinajstić information content (AvgIpc) is 2.48. The van der Waals surface area contributed by atoms with Gasteiger partial charge in [0.25, 0.3) is 10.0 Å². The van der Waals surface area contributed by atoms with Gasteiger partial charge >= 0.3 is 51.4 Å². The van der Waals surface area contributed by atoms with Gasteiger partial charge in [-0.25, -0.2) is 12.5 Å². The van der Waals surface area contributed by atoms with Crippen molar-refractivity contribution < 1.29 is 69.2 Å². The molecule has 5 nitrogen and oxygen atoms in total. The van der Waals surface area contributed by atoms with Crippen LogP contribution in [0.3, 0.4) is 0 Å². The molecule has 0 bridgehead atoms. The third kappa shape index (κ3) is 5.18. The van der Waals surface area contributed by atoms with E-state index in [1.807, 2.05) is 0 Å². The minimum Gasteiger partial charge on any atom is -0.784 e. The van der Waals surface area contributed by atoms with E-state index in [-0.39, 0.29) is 68.6 Å². The van der Waals surface area contributed by atoms with Crippen LogP contribution in [-0.4, -0.2) is 15.0 Å². The van der Waals surface area contributed by atoms with Gasteiger partial charge < -0.3 is 9.42 Å². The Morgan fingerprint density at radius 2 is 1.57 bits per heavy atom. The third-order valence-electron chi connectivity index (χ3n) is 2.76. The molecule has 1 atom stereocenters. The molecule has 0 aliphatic carbocycles. The van der Waals surface area contributed by atoms with Crippen LogP contribution in [0.1, 0.15) is 6.92 Å². The maximum Gasteiger partial charge on any atom is 1.00 e. The summed E-state index contributed by atoms with van der Waals surface area (Å²) in [4.78, 5) is 12.7. The minimum absolute atomic E-state index is 0. The van der Waals surface area contributed by atoms with Crippen molar-refractivity contribution in [3.05, 3.63) is 60.7 Å². The first kappa shape index (κ1) is 21.4. The summed E-state index contributed by atoms with van der Waals surface area (Å²) in [6, 6.07) is 15.8. The molecule has 2 aromatic rings. The first-order chi connectivity index (χ1) is 10.4. The van der Waals surface area contributed by atoms with Gasteiger partial charge in [0, 0.05) is 6.61 Å². The molecule has 0 fully saturated rings. The van der Waals surface area contributed by atoms with Gasteiger partial charge in [0.1, 0.15) is 0 Å². The Kier molecular flexibility index (Phi) is 8.57. The molecule has 9 heteroatoms. The molecule has 0 spiro atoms. The molecule has 0 aromatic heterocycles. The minimum atomic E-state index is -4.09. The van der Waals surface area contributed by atoms with Gasteiger partial charge in [-0.15, -0.1) is 0 Å². The first-order valence-electron chi connectivity index (χ1n) is 6.51. The summed E-state index contributed by atoms with van der Waals surface area (Å²) in [5.41, 5.74) is 0.207. The second-order valence-corrected chi connectivity index (χ2v) is 9.32. The zero-order valence-electron chi connectivity index (χ0n) is 12.8. The fourth-order valence-electron chi connectivity index (χ4n) is 1.88. The van der Waals surface area contributed by atoms with E-state index < -0.39 is 16.7 Å². The van der Waals surface area contributed by atoms with Crippen molar-refractivity contribution in [3.8, 4) is 0 Å². The van der Waals surface area contributed by atoms with Crippen LogP contribution in [0.25, 0.3) is 0 Å². The fourth-order valence-corrected chi connectivity index (χ4v) is 6.69. The summed E-state index contributed by atoms with van der Waals surface area (Å²) in [5, 5.41) is 0. The van der Waals surface area contributed by atoms with Crippen LogP contribution >= 0.6 is 6.64 Å². The van der Waals surface area contributed by atoms with E-state index in [4.69, 9.17) is 16.3 Å². The zero-order valence-corrected chi connectivity index (χ0v) is 18.5. The van der Waals surface area contributed by atoms with Crippen LogP contribution in [-0.2, 0) is 26.4 Å². The number of hydrogen-bond acceptors (Lipinski definition) is 5. The maximum atomic E-state index is 12.9. The van der Waals surface area contributed by atoms with E-state index in [1.54, 1.807) is 43.3 Å². The largest absolute Gasteiger partial charge is 1.00 e. The quantitative estimate of drug-likeness (QED) is 0.488. The SMILES string of the molecule is CCOP([O-])(=S)N(c1ccccc1)S(=O)(=O)c1ccccc1.[K+]. The Bertz CT molecular complexity index is 772. The van der Waals surface area contributed by atoms with Crippen molar-refractivity contribution >= 4 is 34.2 Å². The molecule has 0 aliphatic heterocycles. The van der Waals surface area contributed by atoms with E-state index in [1.165, 1.54) is 24.3 Å². The second-order valence-electron chi connectivity index (χ2n) is 4.28. The number of rotatable bonds is 6. The fraction of sp³-hybridized carbons (Fsp3) is 0.143. The number of sulfonamides is 1. The Morgan fingerprint density at radius 3 is 2.04 bits per heavy atom. The summed E-state index contributed by atoms with van der Waals surface area (Å²) in [7, 11) is -4.09. The van der Waals surface area contributed by atoms with Crippen LogP contribution < -0.4 is 60.4 Å². The smallest absolute Gasteiger partial charge is 0.784 e. The van der Waals surface area contributed by atoms with E-state index in [0.717, 1.165) is 0 Å². The van der Waals surface area contributed by atoms with Crippen molar-refractivity contribution in [2.75, 3.05) is 10.7 Å². The van der Waals surface area contributed by atoms with Crippen LogP contribution in [0.2, 0.25) is 0 Å². The molecule has 0 aliphatic rings. The Balaban J connectivity index is 0.00000264. The summed E-state index contributed by atoms with van der Waals surface area (Å²) >= 11 is 4.97. The molecule has 0 radical (unpaired) electrons. The number of nitrogens with zero attached hydrogens (tertiary/aromatic N) is 1. The Morgan fingerprint density at radius 1 is 1.09 bits per heavy atom. The van der Waals surface area contributed by atoms with Crippen LogP contribution in [0.4, 0.5) is 5.69 Å². The molecule has 1 unspecified atom stereocenters. The van der Waals surface area contributed by atoms with Crippen molar-refractivity contribution in [2.45, 2.75) is 11.8 Å². The molecule has 2 rings (SSSR count). The molecule has 118 valence electrons. The van der Waals surface area contributed by atoms with E-state index >= 15 is 0 Å². The van der Waals surface area contributed by atoms with Gasteiger partial charge in [0.15, 0.2) is 0 Å². The molecule has 0 amide bonds. The molecule has 0 saturated heterocycles. The zero-order chi connectivity index (χ0) is 16.2. The summed E-state index contributed by atoms with van der Waals surface area (Å²) in [6.07, 6.45) is 0. The van der Waals surface area contributed by atoms with Gasteiger partial charge in [-0.05, 0) is 31.2 Å². The molecule has 0 saturated carbocycles. The first-order valence-corrected chi connectivity index (χ1v) is 10.5. The van der Waals surface area contributed by atoms with Gasteiger partial charge in [0.2, 0.25) is 0 Å². The molecular weight excluding hydrogens is 380 g/mol. The van der Waals surface area contributed by atoms with Crippen LogP contribution in [0, 0.1) is 0 Å². The number of benzene rings is 2. The molecule has 0 N–H and O–H groups in total. The van der Waals surface area contributed by atoms with Crippen LogP contribution in [0.15, 0.2) is 65.6 Å². The maximum absolute atomic E-state index is 12.9. The van der Waals surface area contributed by atoms with E-state index in [9.17, 15) is 13.3 Å². The molecule has 2 aromatic carbocycles. The molecule has 23 heavy (non-hydrogen) atoms. The van der Waals surface area contributed by atoms with E-state index in [0.29, 0.717) is 4.08 Å². The van der Waals surface area contributed by atoms with Gasteiger partial charge in [-0.3, -0.25) is 0 Å². The normalized spacial score (nSPS) is 13.7. The van der Waals surface area contributed by atoms with Gasteiger partial charge in [-0.1, -0.05) is 48.2 Å². The van der Waals surface area contributed by atoms with Gasteiger partial charge in [0.05, 0.1) is 17.2 Å². The molecule has 0 heterocycles. The Hall–Kier alpha value is 0.396. The summed E-state index contributed by atoms with van der Waals surface area (Å²) < 4.78 is 31.5. The van der Waals surface area contributed by atoms with Crippen molar-refractivity contribution in [3.63, 3.8) is 0 Å². The predicted octanol–water partition coefficient (Wildman–Crippen LogP) is -0.493. The summed E-state index contributed by atoms with van der Waals surface area (Å²) in [6.45, 7) is -2.32. The standard InChI is InChI=1S/C14H16NO4PS2.K/c1-2-19-20(16,21)15(13-9-5-3-6-10-13)22(17,18)14-11-7-4-8-12-14;/h3-12H,2H2,1H3,(H,16,21);/q;+1/p-1. The predicted molar refractivity (Wildman–Crippen MR) is 88.5 cm³/mol. The number of hydrogen-bond donors (Lipinski definition) is 0. The van der Waals surface area contributed by atoms with Crippen molar-refractivity contribution in [1.82, 2.24) is 0 Å². The van der Waals surface area contributed by atoms with Gasteiger partial charge in [-0.2, -0.15) is 0 Å². The summed E-state index contributed by atoms with van der Waals surface area (Å²) in [5.74, 6) is 0. The third-order valence-corrected chi connectivity index (χ3v) is 7.96. The van der Waals surface area contributed by atoms with E-state index in [2.05, 4.69) is 0 Å². The number of para-hydroxylation sites is 1. The van der Waals surface area contributed by atoms with Crippen molar-refractivity contribution in [2.24, 2.45) is 0 Å². The Labute approximate surface area is 184 Å². The topological polar surface area (TPSA) is 69.7 Å². The second kappa shape index (κ2) is 9.19. The monoisotopic (exact) mass is 395 g/mol. The van der Waals surface area contributed by atoms with Crippen LogP contribution in [0.5, 0.6) is 0 Å².